The summed E-state index contributed by atoms with van der Waals surface area (Å²) in [5.41, 5.74) is -0.556. The van der Waals surface area contributed by atoms with Crippen molar-refractivity contribution in [3.63, 3.8) is 0 Å². The van der Waals surface area contributed by atoms with Crippen molar-refractivity contribution in [1.29, 1.82) is 0 Å². The van der Waals surface area contributed by atoms with Crippen molar-refractivity contribution in [2.75, 3.05) is 6.61 Å². The van der Waals surface area contributed by atoms with Crippen LogP contribution in [0.4, 0.5) is 4.79 Å². The minimum atomic E-state index is -0.982. The molecule has 0 saturated heterocycles. The van der Waals surface area contributed by atoms with Gasteiger partial charge in [0, 0.05) is 6.42 Å². The Balaban J connectivity index is 3.42. The van der Waals surface area contributed by atoms with Crippen LogP contribution in [0.15, 0.2) is 0 Å². The lowest BCUT2D eigenvalue weighted by Crippen LogP contribution is -2.21. The number of rotatable bonds is 4. The molecule has 0 spiro atoms. The van der Waals surface area contributed by atoms with Gasteiger partial charge in [-0.05, 0) is 25.8 Å². The summed E-state index contributed by atoms with van der Waals surface area (Å²) in [4.78, 5) is 19.4. The average Bonchev–Trinajstić information content (AvgIpc) is 2.02. The first kappa shape index (κ1) is 12.8. The van der Waals surface area contributed by atoms with E-state index in [0.717, 1.165) is 0 Å². The monoisotopic (exact) mass is 202 g/mol. The highest BCUT2D eigenvalue weighted by Gasteiger charge is 2.14. The van der Waals surface area contributed by atoms with E-state index < -0.39 is 11.8 Å². The van der Waals surface area contributed by atoms with Crippen molar-refractivity contribution in [3.05, 3.63) is 0 Å². The molecule has 5 nitrogen and oxygen atoms in total. The molecular formula is C9H14O5. The summed E-state index contributed by atoms with van der Waals surface area (Å²) in [5, 5.41) is 4.16. The van der Waals surface area contributed by atoms with Crippen molar-refractivity contribution < 1.29 is 24.3 Å². The average molecular weight is 202 g/mol. The van der Waals surface area contributed by atoms with Gasteiger partial charge in [0.1, 0.15) is 6.61 Å². The van der Waals surface area contributed by atoms with Gasteiger partial charge in [-0.3, -0.25) is 0 Å². The Hall–Kier alpha value is -1.25. The smallest absolute Gasteiger partial charge is 0.431 e. The predicted molar refractivity (Wildman–Crippen MR) is 47.8 cm³/mol. The third-order valence-electron chi connectivity index (χ3n) is 0.852. The summed E-state index contributed by atoms with van der Waals surface area (Å²) in [6.07, 6.45) is 4.28. The molecular weight excluding hydrogens is 188 g/mol. The quantitative estimate of drug-likeness (QED) is 0.229. The number of carbonyl (C=O) groups is 1. The molecule has 0 N–H and O–H groups in total. The molecule has 0 heterocycles. The van der Waals surface area contributed by atoms with Gasteiger partial charge in [-0.1, -0.05) is 0 Å². The van der Waals surface area contributed by atoms with E-state index in [1.807, 2.05) is 0 Å². The molecule has 0 aliphatic heterocycles. The van der Waals surface area contributed by atoms with E-state index in [2.05, 4.69) is 25.5 Å². The molecule has 5 heteroatoms. The molecule has 0 aromatic carbocycles. The van der Waals surface area contributed by atoms with Crippen LogP contribution in [-0.2, 0) is 19.6 Å². The van der Waals surface area contributed by atoms with Gasteiger partial charge in [0.2, 0.25) is 0 Å². The molecule has 0 rings (SSSR count). The van der Waals surface area contributed by atoms with Crippen molar-refractivity contribution >= 4 is 6.16 Å². The summed E-state index contributed by atoms with van der Waals surface area (Å²) in [6, 6.07) is 0. The van der Waals surface area contributed by atoms with Gasteiger partial charge in [0.05, 0.1) is 5.60 Å². The normalized spacial score (nSPS) is 10.4. The SMILES string of the molecule is C#CCCOC(=O)OOOC(C)(C)C. The van der Waals surface area contributed by atoms with E-state index in [1.54, 1.807) is 20.8 Å². The summed E-state index contributed by atoms with van der Waals surface area (Å²) in [5.74, 6) is 2.30. The second kappa shape index (κ2) is 6.24. The van der Waals surface area contributed by atoms with Gasteiger partial charge < -0.3 is 4.74 Å². The standard InChI is InChI=1S/C9H14O5/c1-5-6-7-11-8(10)12-14-13-9(2,3)4/h1H,6-7H2,2-4H3. The minimum absolute atomic E-state index is 0.0915. The van der Waals surface area contributed by atoms with Crippen molar-refractivity contribution in [2.45, 2.75) is 32.8 Å². The summed E-state index contributed by atoms with van der Waals surface area (Å²) in [7, 11) is 0. The zero-order valence-electron chi connectivity index (χ0n) is 8.53. The van der Waals surface area contributed by atoms with Gasteiger partial charge in [0.25, 0.3) is 0 Å². The molecule has 0 saturated carbocycles. The van der Waals surface area contributed by atoms with Crippen LogP contribution in [0.3, 0.4) is 0 Å². The van der Waals surface area contributed by atoms with Crippen LogP contribution in [0.2, 0.25) is 0 Å². The third-order valence-corrected chi connectivity index (χ3v) is 0.852. The van der Waals surface area contributed by atoms with E-state index in [1.165, 1.54) is 0 Å². The fourth-order valence-electron chi connectivity index (χ4n) is 0.364. The Bertz CT molecular complexity index is 210. The van der Waals surface area contributed by atoms with Gasteiger partial charge in [-0.2, -0.15) is 4.89 Å². The molecule has 0 aromatic rings. The highest BCUT2D eigenvalue weighted by Crippen LogP contribution is 2.07. The molecule has 0 bridgehead atoms. The molecule has 0 radical (unpaired) electrons. The van der Waals surface area contributed by atoms with Crippen molar-refractivity contribution in [2.24, 2.45) is 0 Å². The largest absolute Gasteiger partial charge is 0.542 e. The first-order chi connectivity index (χ1) is 6.45. The van der Waals surface area contributed by atoms with Crippen LogP contribution < -0.4 is 0 Å². The molecule has 80 valence electrons. The van der Waals surface area contributed by atoms with Crippen LogP contribution in [0, 0.1) is 12.3 Å². The lowest BCUT2D eigenvalue weighted by atomic mass is 10.2. The summed E-state index contributed by atoms with van der Waals surface area (Å²) >= 11 is 0. The molecule has 14 heavy (non-hydrogen) atoms. The zero-order chi connectivity index (χ0) is 11.0. The van der Waals surface area contributed by atoms with Crippen LogP contribution >= 0.6 is 0 Å². The number of terminal acetylenes is 1. The Morgan fingerprint density at radius 3 is 2.57 bits per heavy atom. The zero-order valence-corrected chi connectivity index (χ0v) is 8.53. The Labute approximate surface area is 83.1 Å². The highest BCUT2D eigenvalue weighted by molar-refractivity contribution is 5.58. The van der Waals surface area contributed by atoms with Crippen molar-refractivity contribution in [1.82, 2.24) is 0 Å². The van der Waals surface area contributed by atoms with Gasteiger partial charge in [-0.25, -0.2) is 9.68 Å². The molecule has 0 unspecified atom stereocenters. The molecule has 0 fully saturated rings. The maximum atomic E-state index is 10.7. The van der Waals surface area contributed by atoms with Gasteiger partial charge in [-0.15, -0.1) is 12.3 Å². The molecule has 0 aliphatic carbocycles. The Morgan fingerprint density at radius 2 is 2.07 bits per heavy atom. The summed E-state index contributed by atoms with van der Waals surface area (Å²) < 4.78 is 4.49. The first-order valence-electron chi connectivity index (χ1n) is 4.08. The van der Waals surface area contributed by atoms with E-state index in [9.17, 15) is 4.79 Å². The minimum Gasteiger partial charge on any atom is -0.431 e. The predicted octanol–water partition coefficient (Wildman–Crippen LogP) is 1.82. The molecule has 0 atom stereocenters. The van der Waals surface area contributed by atoms with E-state index in [4.69, 9.17) is 6.42 Å². The fourth-order valence-corrected chi connectivity index (χ4v) is 0.364. The van der Waals surface area contributed by atoms with Crippen LogP contribution in [0.5, 0.6) is 0 Å². The number of ether oxygens (including phenoxy) is 1. The Morgan fingerprint density at radius 1 is 1.43 bits per heavy atom. The lowest BCUT2D eigenvalue weighted by molar-refractivity contribution is -0.514. The van der Waals surface area contributed by atoms with E-state index in [-0.39, 0.29) is 6.61 Å². The third kappa shape index (κ3) is 8.84. The highest BCUT2D eigenvalue weighted by atomic mass is 17.5. The van der Waals surface area contributed by atoms with Gasteiger partial charge >= 0.3 is 6.16 Å². The molecule has 0 aromatic heterocycles. The fraction of sp³-hybridized carbons (Fsp3) is 0.667. The summed E-state index contributed by atoms with van der Waals surface area (Å²) in [6.45, 7) is 5.30. The van der Waals surface area contributed by atoms with Crippen LogP contribution in [-0.4, -0.2) is 18.4 Å². The number of hydrogen-bond acceptors (Lipinski definition) is 5. The lowest BCUT2D eigenvalue weighted by Gasteiger charge is -2.14. The molecule has 0 aliphatic rings. The maximum Gasteiger partial charge on any atom is 0.542 e. The number of hydrogen-bond donors (Lipinski definition) is 0. The molecule has 0 amide bonds. The van der Waals surface area contributed by atoms with Crippen LogP contribution in [0.1, 0.15) is 27.2 Å². The second-order valence-electron chi connectivity index (χ2n) is 3.40. The van der Waals surface area contributed by atoms with E-state index >= 15 is 0 Å². The first-order valence-corrected chi connectivity index (χ1v) is 4.08. The maximum absolute atomic E-state index is 10.7. The van der Waals surface area contributed by atoms with E-state index in [0.29, 0.717) is 6.42 Å². The van der Waals surface area contributed by atoms with Crippen LogP contribution in [0.25, 0.3) is 0 Å². The van der Waals surface area contributed by atoms with Crippen molar-refractivity contribution in [3.8, 4) is 12.3 Å². The Kier molecular flexibility index (Phi) is 5.68. The topological polar surface area (TPSA) is 54.0 Å². The second-order valence-corrected chi connectivity index (χ2v) is 3.40. The van der Waals surface area contributed by atoms with Gasteiger partial charge in [0.15, 0.2) is 0 Å². The number of carbonyl (C=O) groups excluding carboxylic acids is 1.